The summed E-state index contributed by atoms with van der Waals surface area (Å²) in [6, 6.07) is 10.9. The van der Waals surface area contributed by atoms with E-state index in [0.717, 1.165) is 18.4 Å². The molecule has 0 saturated carbocycles. The normalized spacial score (nSPS) is 17.2. The highest BCUT2D eigenvalue weighted by Gasteiger charge is 2.29. The molecule has 25 heavy (non-hydrogen) atoms. The van der Waals surface area contributed by atoms with Crippen molar-refractivity contribution in [3.05, 3.63) is 58.7 Å². The second kappa shape index (κ2) is 7.66. The van der Waals surface area contributed by atoms with E-state index in [1.165, 1.54) is 6.20 Å². The summed E-state index contributed by atoms with van der Waals surface area (Å²) in [5, 5.41) is 3.32. The van der Waals surface area contributed by atoms with Crippen molar-refractivity contribution < 1.29 is 9.59 Å². The van der Waals surface area contributed by atoms with Gasteiger partial charge in [-0.25, -0.2) is 4.98 Å². The third kappa shape index (κ3) is 4.17. The van der Waals surface area contributed by atoms with E-state index < -0.39 is 0 Å². The molecule has 1 aromatic carbocycles. The summed E-state index contributed by atoms with van der Waals surface area (Å²) in [6.45, 7) is 3.02. The van der Waals surface area contributed by atoms with Gasteiger partial charge in [-0.05, 0) is 43.5 Å². The highest BCUT2D eigenvalue weighted by atomic mass is 35.5. The summed E-state index contributed by atoms with van der Waals surface area (Å²) >= 11 is 5.80. The molecule has 0 radical (unpaired) electrons. The van der Waals surface area contributed by atoms with E-state index in [2.05, 4.69) is 10.3 Å². The lowest BCUT2D eigenvalue weighted by Gasteiger charge is -2.32. The van der Waals surface area contributed by atoms with Crippen LogP contribution in [0.1, 0.15) is 28.8 Å². The molecule has 1 unspecified atom stereocenters. The van der Waals surface area contributed by atoms with Gasteiger partial charge in [-0.3, -0.25) is 9.59 Å². The van der Waals surface area contributed by atoms with Gasteiger partial charge in [-0.15, -0.1) is 0 Å². The van der Waals surface area contributed by atoms with E-state index in [1.54, 1.807) is 17.0 Å². The highest BCUT2D eigenvalue weighted by molar-refractivity contribution is 6.30. The smallest absolute Gasteiger partial charge is 0.254 e. The first kappa shape index (κ1) is 17.4. The van der Waals surface area contributed by atoms with Crippen LogP contribution < -0.4 is 5.32 Å². The lowest BCUT2D eigenvalue weighted by atomic mass is 9.96. The molecule has 1 atom stereocenters. The van der Waals surface area contributed by atoms with Gasteiger partial charge in [0.05, 0.1) is 10.9 Å². The Morgan fingerprint density at radius 3 is 2.76 bits per heavy atom. The highest BCUT2D eigenvalue weighted by Crippen LogP contribution is 2.21. The number of carbonyl (C=O) groups is 2. The summed E-state index contributed by atoms with van der Waals surface area (Å²) in [5.41, 5.74) is 1.65. The molecule has 1 aromatic heterocycles. The molecule has 0 bridgehead atoms. The van der Waals surface area contributed by atoms with E-state index >= 15 is 0 Å². The summed E-state index contributed by atoms with van der Waals surface area (Å²) < 4.78 is 0. The van der Waals surface area contributed by atoms with Crippen molar-refractivity contribution in [3.8, 4) is 0 Å². The maximum atomic E-state index is 12.8. The number of benzene rings is 1. The Kier molecular flexibility index (Phi) is 5.34. The fourth-order valence-electron chi connectivity index (χ4n) is 3.04. The number of halogens is 1. The number of piperidine rings is 1. The monoisotopic (exact) mass is 357 g/mol. The lowest BCUT2D eigenvalue weighted by molar-refractivity contribution is -0.121. The predicted molar refractivity (Wildman–Crippen MR) is 97.7 cm³/mol. The first-order chi connectivity index (χ1) is 12.0. The van der Waals surface area contributed by atoms with Crippen molar-refractivity contribution in [3.63, 3.8) is 0 Å². The molecule has 1 aliphatic heterocycles. The Hall–Kier alpha value is -2.40. The van der Waals surface area contributed by atoms with Crippen LogP contribution in [0.4, 0.5) is 5.82 Å². The molecule has 1 saturated heterocycles. The number of likely N-dealkylation sites (tertiary alicyclic amines) is 1. The minimum Gasteiger partial charge on any atom is -0.338 e. The third-order valence-electron chi connectivity index (χ3n) is 4.43. The number of aryl methyl sites for hydroxylation is 1. The zero-order valence-electron chi connectivity index (χ0n) is 14.0. The molecule has 130 valence electrons. The summed E-state index contributed by atoms with van der Waals surface area (Å²) in [4.78, 5) is 31.1. The zero-order chi connectivity index (χ0) is 17.8. The minimum absolute atomic E-state index is 0.0137. The number of rotatable bonds is 3. The van der Waals surface area contributed by atoms with Gasteiger partial charge in [0.25, 0.3) is 5.91 Å². The van der Waals surface area contributed by atoms with Crippen molar-refractivity contribution in [1.29, 1.82) is 0 Å². The number of pyridine rings is 1. The molecule has 1 fully saturated rings. The van der Waals surface area contributed by atoms with Crippen LogP contribution in [0.2, 0.25) is 5.02 Å². The average molecular weight is 358 g/mol. The summed E-state index contributed by atoms with van der Waals surface area (Å²) in [6.07, 6.45) is 3.06. The van der Waals surface area contributed by atoms with E-state index in [-0.39, 0.29) is 17.7 Å². The number of aromatic nitrogens is 1. The van der Waals surface area contributed by atoms with Gasteiger partial charge in [0.15, 0.2) is 0 Å². The molecule has 2 aromatic rings. The Morgan fingerprint density at radius 2 is 2.04 bits per heavy atom. The van der Waals surface area contributed by atoms with Gasteiger partial charge >= 0.3 is 0 Å². The van der Waals surface area contributed by atoms with Gasteiger partial charge < -0.3 is 10.2 Å². The lowest BCUT2D eigenvalue weighted by Crippen LogP contribution is -2.44. The van der Waals surface area contributed by atoms with Crippen molar-refractivity contribution in [2.75, 3.05) is 18.4 Å². The first-order valence-corrected chi connectivity index (χ1v) is 8.69. The SMILES string of the molecule is Cc1ccccc1C(=O)N1CCCC(C(=O)Nc2ccc(Cl)cn2)C1. The Morgan fingerprint density at radius 1 is 1.24 bits per heavy atom. The van der Waals surface area contributed by atoms with E-state index in [0.29, 0.717) is 29.5 Å². The Labute approximate surface area is 152 Å². The molecule has 1 aliphatic rings. The molecule has 2 heterocycles. The van der Waals surface area contributed by atoms with Crippen LogP contribution >= 0.6 is 11.6 Å². The molecule has 5 nitrogen and oxygen atoms in total. The molecular formula is C19H20ClN3O2. The van der Waals surface area contributed by atoms with Crippen LogP contribution in [0.25, 0.3) is 0 Å². The maximum Gasteiger partial charge on any atom is 0.254 e. The number of hydrogen-bond donors (Lipinski definition) is 1. The molecular weight excluding hydrogens is 338 g/mol. The molecule has 2 amide bonds. The van der Waals surface area contributed by atoms with Crippen molar-refractivity contribution in [1.82, 2.24) is 9.88 Å². The summed E-state index contributed by atoms with van der Waals surface area (Å²) in [7, 11) is 0. The third-order valence-corrected chi connectivity index (χ3v) is 4.66. The van der Waals surface area contributed by atoms with Gasteiger partial charge in [-0.1, -0.05) is 29.8 Å². The molecule has 1 N–H and O–H groups in total. The first-order valence-electron chi connectivity index (χ1n) is 8.32. The van der Waals surface area contributed by atoms with Crippen LogP contribution in [0.3, 0.4) is 0 Å². The minimum atomic E-state index is -0.237. The molecule has 0 aliphatic carbocycles. The van der Waals surface area contributed by atoms with E-state index in [4.69, 9.17) is 11.6 Å². The van der Waals surface area contributed by atoms with Gasteiger partial charge in [0.2, 0.25) is 5.91 Å². The van der Waals surface area contributed by atoms with Crippen LogP contribution in [0, 0.1) is 12.8 Å². The molecule has 3 rings (SSSR count). The fourth-order valence-corrected chi connectivity index (χ4v) is 3.15. The van der Waals surface area contributed by atoms with Crippen LogP contribution in [0.15, 0.2) is 42.6 Å². The van der Waals surface area contributed by atoms with Crippen LogP contribution in [-0.4, -0.2) is 34.8 Å². The Balaban J connectivity index is 1.66. The topological polar surface area (TPSA) is 62.3 Å². The summed E-state index contributed by atoms with van der Waals surface area (Å²) in [5.74, 6) is 0.105. The quantitative estimate of drug-likeness (QED) is 0.913. The number of nitrogens with zero attached hydrogens (tertiary/aromatic N) is 2. The number of anilines is 1. The van der Waals surface area contributed by atoms with E-state index in [9.17, 15) is 9.59 Å². The predicted octanol–water partition coefficient (Wildman–Crippen LogP) is 3.53. The second-order valence-electron chi connectivity index (χ2n) is 6.26. The molecule has 6 heteroatoms. The average Bonchev–Trinajstić information content (AvgIpc) is 2.63. The van der Waals surface area contributed by atoms with Crippen LogP contribution in [0.5, 0.6) is 0 Å². The fraction of sp³-hybridized carbons (Fsp3) is 0.316. The van der Waals surface area contributed by atoms with Gasteiger partial charge in [0.1, 0.15) is 5.82 Å². The second-order valence-corrected chi connectivity index (χ2v) is 6.69. The number of nitrogens with one attached hydrogen (secondary N) is 1. The largest absolute Gasteiger partial charge is 0.338 e. The van der Waals surface area contributed by atoms with Gasteiger partial charge in [-0.2, -0.15) is 0 Å². The number of carbonyl (C=O) groups excluding carboxylic acids is 2. The number of amides is 2. The van der Waals surface area contributed by atoms with Crippen molar-refractivity contribution in [2.24, 2.45) is 5.92 Å². The van der Waals surface area contributed by atoms with E-state index in [1.807, 2.05) is 31.2 Å². The number of hydrogen-bond acceptors (Lipinski definition) is 3. The van der Waals surface area contributed by atoms with Gasteiger partial charge in [0, 0.05) is 24.8 Å². The van der Waals surface area contributed by atoms with Crippen LogP contribution in [-0.2, 0) is 4.79 Å². The molecule has 0 spiro atoms. The zero-order valence-corrected chi connectivity index (χ0v) is 14.8. The van der Waals surface area contributed by atoms with Crippen molar-refractivity contribution in [2.45, 2.75) is 19.8 Å². The standard InChI is InChI=1S/C19H20ClN3O2/c1-13-5-2-3-7-16(13)19(25)23-10-4-6-14(12-23)18(24)22-17-9-8-15(20)11-21-17/h2-3,5,7-9,11,14H,4,6,10,12H2,1H3,(H,21,22,24). The van der Waals surface area contributed by atoms with Crippen molar-refractivity contribution >= 4 is 29.2 Å². The maximum absolute atomic E-state index is 12.8. The Bertz CT molecular complexity index is 776.